The number of rotatable bonds is 5. The second-order valence-corrected chi connectivity index (χ2v) is 11.5. The summed E-state index contributed by atoms with van der Waals surface area (Å²) in [5, 5.41) is 0. The summed E-state index contributed by atoms with van der Waals surface area (Å²) in [6.07, 6.45) is 6.13. The van der Waals surface area contributed by atoms with E-state index in [0.29, 0.717) is 18.8 Å². The van der Waals surface area contributed by atoms with Crippen molar-refractivity contribution in [2.75, 3.05) is 36.8 Å². The van der Waals surface area contributed by atoms with Gasteiger partial charge < -0.3 is 9.80 Å². The highest BCUT2D eigenvalue weighted by molar-refractivity contribution is 7.92. The Morgan fingerprint density at radius 1 is 0.976 bits per heavy atom. The van der Waals surface area contributed by atoms with Gasteiger partial charge in [-0.15, -0.1) is 0 Å². The number of alkyl halides is 3. The lowest BCUT2D eigenvalue weighted by molar-refractivity contribution is -0.137. The molecule has 2 fully saturated rings. The van der Waals surface area contributed by atoms with E-state index in [4.69, 9.17) is 0 Å². The molecule has 0 amide bonds. The Hall–Kier alpha value is -3.32. The van der Waals surface area contributed by atoms with Gasteiger partial charge in [-0.05, 0) is 45.1 Å². The van der Waals surface area contributed by atoms with E-state index in [0.717, 1.165) is 43.4 Å². The molecular formula is C28H36F5N5O2S. The van der Waals surface area contributed by atoms with Crippen LogP contribution in [0, 0.1) is 11.6 Å². The first-order chi connectivity index (χ1) is 19.4. The van der Waals surface area contributed by atoms with E-state index in [1.807, 2.05) is 19.0 Å². The summed E-state index contributed by atoms with van der Waals surface area (Å²) in [5.41, 5.74) is -0.271. The van der Waals surface area contributed by atoms with Crippen LogP contribution in [-0.2, 0) is 16.2 Å². The van der Waals surface area contributed by atoms with Crippen molar-refractivity contribution in [3.05, 3.63) is 78.3 Å². The van der Waals surface area contributed by atoms with E-state index < -0.39 is 38.3 Å². The molecule has 1 saturated carbocycles. The first-order valence-corrected chi connectivity index (χ1v) is 14.7. The predicted octanol–water partition coefficient (Wildman–Crippen LogP) is 6.60. The van der Waals surface area contributed by atoms with Crippen LogP contribution in [0.25, 0.3) is 0 Å². The Morgan fingerprint density at radius 3 is 2.05 bits per heavy atom. The summed E-state index contributed by atoms with van der Waals surface area (Å²) in [6.45, 7) is 1.28. The number of anilines is 2. The second-order valence-electron chi connectivity index (χ2n) is 9.92. The summed E-state index contributed by atoms with van der Waals surface area (Å²) >= 11 is 0. The van der Waals surface area contributed by atoms with E-state index in [-0.39, 0.29) is 13.3 Å². The Morgan fingerprint density at radius 2 is 1.59 bits per heavy atom. The van der Waals surface area contributed by atoms with Crippen LogP contribution >= 0.6 is 0 Å². The van der Waals surface area contributed by atoms with E-state index in [2.05, 4.69) is 19.6 Å². The van der Waals surface area contributed by atoms with Crippen LogP contribution in [0.4, 0.5) is 33.5 Å². The third-order valence-electron chi connectivity index (χ3n) is 6.67. The Labute approximate surface area is 239 Å². The number of hydrogen-bond acceptors (Lipinski definition) is 6. The smallest absolute Gasteiger partial charge is 0.370 e. The average molecular weight is 602 g/mol. The maximum atomic E-state index is 14.6. The van der Waals surface area contributed by atoms with Crippen molar-refractivity contribution < 1.29 is 31.8 Å². The average Bonchev–Trinajstić information content (AvgIpc) is 2.88. The zero-order chi connectivity index (χ0) is 30.0. The molecule has 2 aromatic carbocycles. The topological polar surface area (TPSA) is 78.4 Å². The van der Waals surface area contributed by atoms with Gasteiger partial charge in [0.1, 0.15) is 23.8 Å². The summed E-state index contributed by atoms with van der Waals surface area (Å²) < 4.78 is 91.4. The second kappa shape index (κ2) is 14.5. The molecule has 1 atom stereocenters. The highest BCUT2D eigenvalue weighted by Crippen LogP contribution is 2.30. The lowest BCUT2D eigenvalue weighted by Gasteiger charge is -2.37. The standard InChI is InChI=1S/C17H21F2N5O2S.C7H5F3.C4H8.H2/c1-23(2)12-4-3-7-24(10-12)13-8-14(18)17(15(19)9-13)27(25,26)22-16-5-6-20-11-21-16;8-7(9,10)6-4-2-1-3-5-6;1-2-4-3-1;/h5-6,8-9,11-12H,3-4,7,10H2,1-2H3,(H,20,21,22);1-5H;1-4H2;1H. The molecule has 226 valence electrons. The van der Waals surface area contributed by atoms with E-state index in [1.165, 1.54) is 50.1 Å². The van der Waals surface area contributed by atoms with Crippen molar-refractivity contribution in [3.63, 3.8) is 0 Å². The minimum absolute atomic E-state index is 0. The quantitative estimate of drug-likeness (QED) is 0.332. The third-order valence-corrected chi connectivity index (χ3v) is 8.07. The van der Waals surface area contributed by atoms with Crippen LogP contribution < -0.4 is 9.62 Å². The molecule has 0 radical (unpaired) electrons. The van der Waals surface area contributed by atoms with E-state index in [1.54, 1.807) is 6.07 Å². The molecule has 2 heterocycles. The van der Waals surface area contributed by atoms with E-state index >= 15 is 0 Å². The van der Waals surface area contributed by atoms with Gasteiger partial charge in [-0.2, -0.15) is 13.2 Å². The maximum Gasteiger partial charge on any atom is 0.416 e. The summed E-state index contributed by atoms with van der Waals surface area (Å²) in [5.74, 6) is -2.35. The lowest BCUT2D eigenvalue weighted by atomic mass is 10.0. The molecule has 7 nitrogen and oxygen atoms in total. The predicted molar refractivity (Wildman–Crippen MR) is 150 cm³/mol. The van der Waals surface area contributed by atoms with Crippen LogP contribution in [0.5, 0.6) is 0 Å². The largest absolute Gasteiger partial charge is 0.416 e. The molecule has 2 aliphatic rings. The van der Waals surface area contributed by atoms with Gasteiger partial charge in [0.2, 0.25) is 0 Å². The van der Waals surface area contributed by atoms with Crippen LogP contribution in [-0.4, -0.2) is 56.5 Å². The molecule has 1 N–H and O–H groups in total. The van der Waals surface area contributed by atoms with Gasteiger partial charge in [0.15, 0.2) is 4.90 Å². The molecule has 1 aliphatic heterocycles. The molecule has 0 spiro atoms. The fourth-order valence-corrected chi connectivity index (χ4v) is 5.14. The number of sulfonamides is 1. The van der Waals surface area contributed by atoms with Crippen LogP contribution in [0.1, 0.15) is 45.5 Å². The number of aromatic nitrogens is 2. The minimum Gasteiger partial charge on any atom is -0.370 e. The Balaban J connectivity index is 0.000000337. The van der Waals surface area contributed by atoms with Gasteiger partial charge in [-0.1, -0.05) is 56.0 Å². The van der Waals surface area contributed by atoms with Gasteiger partial charge in [0.25, 0.3) is 10.0 Å². The molecule has 13 heteroatoms. The first kappa shape index (κ1) is 32.2. The fraction of sp³-hybridized carbons (Fsp3) is 0.429. The number of piperidine rings is 1. The van der Waals surface area contributed by atoms with Crippen LogP contribution in [0.3, 0.4) is 0 Å². The molecule has 1 unspecified atom stereocenters. The molecular weight excluding hydrogens is 565 g/mol. The molecule has 5 rings (SSSR count). The lowest BCUT2D eigenvalue weighted by Crippen LogP contribution is -2.45. The first-order valence-electron chi connectivity index (χ1n) is 13.2. The van der Waals surface area contributed by atoms with Gasteiger partial charge in [-0.3, -0.25) is 4.72 Å². The molecule has 41 heavy (non-hydrogen) atoms. The SMILES string of the molecule is C1CCC1.CN(C)C1CCCN(c2cc(F)c(S(=O)(=O)Nc3ccncn3)c(F)c2)C1.FC(F)(F)c1ccccc1.[HH]. The summed E-state index contributed by atoms with van der Waals surface area (Å²) in [7, 11) is -0.539. The monoisotopic (exact) mass is 601 g/mol. The van der Waals surface area contributed by atoms with Crippen molar-refractivity contribution in [1.29, 1.82) is 0 Å². The Kier molecular flexibility index (Phi) is 11.4. The van der Waals surface area contributed by atoms with Crippen molar-refractivity contribution in [2.45, 2.75) is 55.6 Å². The van der Waals surface area contributed by atoms with Crippen molar-refractivity contribution in [1.82, 2.24) is 14.9 Å². The van der Waals surface area contributed by atoms with Gasteiger partial charge in [0.05, 0.1) is 5.56 Å². The van der Waals surface area contributed by atoms with Crippen LogP contribution in [0.15, 0.2) is 66.0 Å². The molecule has 0 bridgehead atoms. The normalized spacial score (nSPS) is 17.0. The molecule has 3 aromatic rings. The number of halogens is 5. The maximum absolute atomic E-state index is 14.6. The number of nitrogens with zero attached hydrogens (tertiary/aromatic N) is 4. The number of hydrogen-bond donors (Lipinski definition) is 1. The third kappa shape index (κ3) is 9.63. The number of nitrogens with one attached hydrogen (secondary N) is 1. The van der Waals surface area contributed by atoms with E-state index in [9.17, 15) is 30.4 Å². The molecule has 1 aliphatic carbocycles. The summed E-state index contributed by atoms with van der Waals surface area (Å²) in [6, 6.07) is 10.1. The van der Waals surface area contributed by atoms with Gasteiger partial charge in [0, 0.05) is 32.4 Å². The van der Waals surface area contributed by atoms with Crippen molar-refractivity contribution in [2.24, 2.45) is 0 Å². The zero-order valence-corrected chi connectivity index (χ0v) is 23.7. The zero-order valence-electron chi connectivity index (χ0n) is 22.9. The van der Waals surface area contributed by atoms with Crippen molar-refractivity contribution in [3.8, 4) is 0 Å². The van der Waals surface area contributed by atoms with Crippen molar-refractivity contribution >= 4 is 21.5 Å². The molecule has 1 saturated heterocycles. The summed E-state index contributed by atoms with van der Waals surface area (Å²) in [4.78, 5) is 10.3. The number of benzene rings is 2. The number of likely N-dealkylation sites (N-methyl/N-ethyl adjacent to an activating group) is 1. The molecule has 1 aromatic heterocycles. The highest BCUT2D eigenvalue weighted by Gasteiger charge is 2.30. The highest BCUT2D eigenvalue weighted by atomic mass is 32.2. The van der Waals surface area contributed by atoms with Gasteiger partial charge >= 0.3 is 6.18 Å². The van der Waals surface area contributed by atoms with Gasteiger partial charge in [-0.25, -0.2) is 27.2 Å². The van der Waals surface area contributed by atoms with Crippen LogP contribution in [0.2, 0.25) is 0 Å². The fourth-order valence-electron chi connectivity index (χ4n) is 4.01. The minimum atomic E-state index is -4.46. The Bertz CT molecular complexity index is 1320.